The van der Waals surface area contributed by atoms with E-state index in [0.29, 0.717) is 6.61 Å². The Labute approximate surface area is 501 Å². The van der Waals surface area contributed by atoms with Crippen LogP contribution < -0.4 is 0 Å². The third-order valence-electron chi connectivity index (χ3n) is 13.2. The molecule has 0 aliphatic carbocycles. The third kappa shape index (κ3) is 20.4. The van der Waals surface area contributed by atoms with Crippen LogP contribution in [0.4, 0.5) is 0 Å². The molecule has 21 atom stereocenters. The van der Waals surface area contributed by atoms with Gasteiger partial charge in [0.05, 0.1) is 52.9 Å². The van der Waals surface area contributed by atoms with Gasteiger partial charge in [0.15, 0.2) is 37.7 Å². The van der Waals surface area contributed by atoms with Gasteiger partial charge >= 0.3 is 21.8 Å². The molecule has 33 heteroatoms. The van der Waals surface area contributed by atoms with Crippen molar-refractivity contribution in [2.45, 2.75) is 123 Å². The summed E-state index contributed by atoms with van der Waals surface area (Å²) in [4.78, 5) is 0. The van der Waals surface area contributed by atoms with Gasteiger partial charge in [0.25, 0.3) is 0 Å². The average Bonchev–Trinajstić information content (AvgIpc) is 3.71. The van der Waals surface area contributed by atoms with E-state index in [1.54, 1.807) is 0 Å². The Morgan fingerprint density at radius 2 is 0.871 bits per heavy atom. The molecule has 4 aromatic rings. The molecule has 0 saturated carbocycles. The summed E-state index contributed by atoms with van der Waals surface area (Å²) in [5, 5.41) is 92.0. The monoisotopic (exact) mass is 1300 g/mol. The number of aliphatic hydroxyl groups excluding tert-OH is 10. The number of benzene rings is 4. The van der Waals surface area contributed by atoms with Gasteiger partial charge in [0.1, 0.15) is 85.5 Å². The summed E-state index contributed by atoms with van der Waals surface area (Å²) in [7, 11) is 3.46. The average molecular weight is 1310 g/mol. The maximum Gasteiger partial charge on any atom is 0.400 e. The van der Waals surface area contributed by atoms with E-state index in [2.05, 4.69) is 30.3 Å². The molecule has 0 bridgehead atoms. The number of fused-ring (bicyclic) bond motifs is 3. The molecule has 4 aromatic carbocycles. The second kappa shape index (κ2) is 34.1. The SMILES string of the molecule is O=S(Cl)Cl.O=S1(=O)OC[C@@H]2OC(c3ccccc3)OCC2O1.O=[S@]1OC[C@@H]2OC(c3ccccc3)OCC2O1.OC1OC2COC(c3ccccc3)O[C@H]2[C@H](O)C1O.OCC1OC(O)C(O)[C@@H](O)[C@@H]1O.OCC1O[C@H](c2ccccc2)OC[C@H]1O. The molecular weight excluding hydrogens is 1240 g/mol. The van der Waals surface area contributed by atoms with Crippen molar-refractivity contribution in [3.8, 4) is 0 Å². The van der Waals surface area contributed by atoms with E-state index in [4.69, 9.17) is 90.0 Å². The third-order valence-corrected chi connectivity index (χ3v) is 14.9. The van der Waals surface area contributed by atoms with Gasteiger partial charge in [-0.25, -0.2) is 12.6 Å². The first kappa shape index (κ1) is 69.2. The molecule has 28 nitrogen and oxygen atoms in total. The van der Waals surface area contributed by atoms with Crippen LogP contribution in [-0.4, -0.2) is 219 Å². The highest BCUT2D eigenvalue weighted by atomic mass is 36.0. The van der Waals surface area contributed by atoms with Gasteiger partial charge in [-0.1, -0.05) is 121 Å². The van der Waals surface area contributed by atoms with Crippen molar-refractivity contribution in [1.82, 2.24) is 0 Å². The smallest absolute Gasteiger partial charge is 0.394 e. The number of rotatable bonds is 6. The zero-order valence-corrected chi connectivity index (χ0v) is 48.5. The minimum atomic E-state index is -3.90. The Hall–Kier alpha value is -3.25. The standard InChI is InChI=1S/C13H16O6.C11H12O6S.C11H12O5S.C11H14O4.C6H12O6.Cl2OS/c14-9-10(15)12(16)18-8-6-17-13(19-11(8)9)7-4-2-1-3-5-7;12-18(13)15-7-9-10(17-18)6-14-11(16-9)8-4-2-1-3-5-8;12-17-14-7-9-10(16-17)6-13-11(15-9)8-4-2-1-3-5-8;12-6-10-9(13)7-14-11(15-10)8-4-2-1-3-5-8;7-1-2-3(8)4(9)5(10)6(11)12-2;1-4(2)3/h1-5,8-16H,6H2;1-5,9-11H,6-7H2;1-5,9-11H,6-7H2;1-5,9-13H,6-7H2;2-11H,1H2;/t8?,9-,10?,11-,12?,13?;9-,10?,11?;9-,10?,11?,17-;9-,10?,11-;2?,3-,4+,5?,6?;/m10011./s1. The molecular formula is C52H66Cl2O28S3. The number of halogens is 2. The molecule has 8 saturated heterocycles. The van der Waals surface area contributed by atoms with Gasteiger partial charge < -0.3 is 98.4 Å². The van der Waals surface area contributed by atoms with E-state index in [-0.39, 0.29) is 51.8 Å². The first-order valence-corrected chi connectivity index (χ1v) is 31.2. The van der Waals surface area contributed by atoms with E-state index in [0.717, 1.165) is 22.3 Å². The molecule has 0 amide bonds. The van der Waals surface area contributed by atoms with Crippen LogP contribution in [-0.2, 0) is 95.1 Å². The summed E-state index contributed by atoms with van der Waals surface area (Å²) in [5.41, 5.74) is 3.55. The molecule has 0 spiro atoms. The fraction of sp³-hybridized carbons (Fsp3) is 0.538. The molecule has 8 heterocycles. The molecule has 8 aliphatic rings. The quantitative estimate of drug-likeness (QED) is 0.111. The van der Waals surface area contributed by atoms with Crippen LogP contribution in [0.3, 0.4) is 0 Å². The second-order valence-corrected chi connectivity index (χ2v) is 23.7. The van der Waals surface area contributed by atoms with E-state index in [1.807, 2.05) is 121 Å². The second-order valence-electron chi connectivity index (χ2n) is 19.1. The van der Waals surface area contributed by atoms with Crippen LogP contribution in [0, 0.1) is 0 Å². The Morgan fingerprint density at radius 3 is 1.36 bits per heavy atom. The summed E-state index contributed by atoms with van der Waals surface area (Å²) in [6.07, 6.45) is -17.3. The van der Waals surface area contributed by atoms with Gasteiger partial charge in [0.2, 0.25) is 9.23 Å². The zero-order chi connectivity index (χ0) is 61.2. The number of aliphatic hydroxyl groups is 10. The molecule has 8 aliphatic heterocycles. The van der Waals surface area contributed by atoms with Gasteiger partial charge in [-0.2, -0.15) is 12.6 Å². The van der Waals surface area contributed by atoms with Crippen molar-refractivity contribution in [3.63, 3.8) is 0 Å². The maximum absolute atomic E-state index is 11.1. The lowest BCUT2D eigenvalue weighted by Crippen LogP contribution is -2.61. The van der Waals surface area contributed by atoms with Crippen molar-refractivity contribution in [2.75, 3.05) is 52.9 Å². The van der Waals surface area contributed by atoms with Crippen molar-refractivity contribution in [3.05, 3.63) is 144 Å². The zero-order valence-electron chi connectivity index (χ0n) is 44.6. The van der Waals surface area contributed by atoms with Crippen molar-refractivity contribution < 1.29 is 132 Å². The highest BCUT2D eigenvalue weighted by Gasteiger charge is 2.49. The number of ether oxygens (including phenoxy) is 10. The van der Waals surface area contributed by atoms with Crippen LogP contribution in [0.2, 0.25) is 0 Å². The summed E-state index contributed by atoms with van der Waals surface area (Å²) < 4.78 is 116. The predicted molar refractivity (Wildman–Crippen MR) is 291 cm³/mol. The Balaban J connectivity index is 0.000000151. The minimum absolute atomic E-state index is 0.0420. The first-order valence-electron chi connectivity index (χ1n) is 26.0. The normalized spacial score (nSPS) is 37.3. The highest BCUT2D eigenvalue weighted by Crippen LogP contribution is 2.35. The molecule has 10 N–H and O–H groups in total. The molecule has 85 heavy (non-hydrogen) atoms. The lowest BCUT2D eigenvalue weighted by atomic mass is 9.98. The topological polar surface area (TPSA) is 400 Å². The lowest BCUT2D eigenvalue weighted by Gasteiger charge is -2.45. The van der Waals surface area contributed by atoms with Crippen LogP contribution in [0.25, 0.3) is 0 Å². The fourth-order valence-electron chi connectivity index (χ4n) is 8.76. The minimum Gasteiger partial charge on any atom is -0.394 e. The number of hydrogen-bond acceptors (Lipinski definition) is 28. The van der Waals surface area contributed by atoms with Gasteiger partial charge in [-0.15, -0.1) is 0 Å². The van der Waals surface area contributed by atoms with Gasteiger partial charge in [0, 0.05) is 43.6 Å². The van der Waals surface area contributed by atoms with E-state index < -0.39 is 149 Å². The molecule has 8 fully saturated rings. The van der Waals surface area contributed by atoms with Crippen LogP contribution in [0.5, 0.6) is 0 Å². The Kier molecular flexibility index (Phi) is 27.8. The van der Waals surface area contributed by atoms with Crippen LogP contribution >= 0.6 is 21.4 Å². The summed E-state index contributed by atoms with van der Waals surface area (Å²) >= 11 is -1.67. The van der Waals surface area contributed by atoms with Crippen molar-refractivity contribution >= 4 is 52.4 Å². The molecule has 0 radical (unpaired) electrons. The van der Waals surface area contributed by atoms with Gasteiger partial charge in [-0.05, 0) is 0 Å². The molecule has 12 rings (SSSR count). The molecule has 474 valence electrons. The predicted octanol–water partition coefficient (Wildman–Crippen LogP) is -0.330. The Bertz CT molecular complexity index is 2720. The van der Waals surface area contributed by atoms with E-state index in [1.165, 1.54) is 0 Å². The highest BCUT2D eigenvalue weighted by molar-refractivity contribution is 8.26. The van der Waals surface area contributed by atoms with Crippen molar-refractivity contribution in [1.29, 1.82) is 0 Å². The molecule has 12 unspecified atom stereocenters. The van der Waals surface area contributed by atoms with E-state index in [9.17, 15) is 33.1 Å². The summed E-state index contributed by atoms with van der Waals surface area (Å²) in [5.74, 6) is 0. The fourth-order valence-corrected chi connectivity index (χ4v) is 10.3. The number of hydrogen-bond donors (Lipinski definition) is 10. The molecule has 0 aromatic heterocycles. The van der Waals surface area contributed by atoms with E-state index >= 15 is 0 Å². The van der Waals surface area contributed by atoms with Crippen molar-refractivity contribution in [2.24, 2.45) is 0 Å². The van der Waals surface area contributed by atoms with Crippen LogP contribution in [0.1, 0.15) is 47.4 Å². The Morgan fingerprint density at radius 1 is 0.459 bits per heavy atom. The summed E-state index contributed by atoms with van der Waals surface area (Å²) in [6.45, 7) is 0.390. The summed E-state index contributed by atoms with van der Waals surface area (Å²) in [6, 6.07) is 37.9. The van der Waals surface area contributed by atoms with Crippen LogP contribution in [0.15, 0.2) is 121 Å². The maximum atomic E-state index is 11.1. The lowest BCUT2D eigenvalue weighted by molar-refractivity contribution is -0.354. The first-order chi connectivity index (χ1) is 40.7. The van der Waals surface area contributed by atoms with Gasteiger partial charge in [-0.3, -0.25) is 8.37 Å². The largest absolute Gasteiger partial charge is 0.400 e.